The van der Waals surface area contributed by atoms with Gasteiger partial charge in [0.15, 0.2) is 5.78 Å². The van der Waals surface area contributed by atoms with E-state index < -0.39 is 0 Å². The van der Waals surface area contributed by atoms with Gasteiger partial charge in [-0.3, -0.25) is 9.69 Å². The highest BCUT2D eigenvalue weighted by Crippen LogP contribution is 2.19. The summed E-state index contributed by atoms with van der Waals surface area (Å²) in [6, 6.07) is 4.19. The molecule has 0 aliphatic carbocycles. The average Bonchev–Trinajstić information content (AvgIpc) is 2.38. The van der Waals surface area contributed by atoms with Crippen LogP contribution in [-0.4, -0.2) is 43.0 Å². The molecule has 2 rings (SSSR count). The summed E-state index contributed by atoms with van der Waals surface area (Å²) in [4.78, 5) is 14.9. The van der Waals surface area contributed by atoms with Gasteiger partial charge in [0.05, 0.1) is 12.6 Å². The zero-order valence-electron chi connectivity index (χ0n) is 13.7. The summed E-state index contributed by atoms with van der Waals surface area (Å²) in [5, 5.41) is 0. The van der Waals surface area contributed by atoms with Crippen molar-refractivity contribution in [1.29, 1.82) is 0 Å². The lowest BCUT2D eigenvalue weighted by Gasteiger charge is -2.32. The number of Topliss-reactive ketones (excluding diaryl/α,β-unsaturated/α-hetero) is 1. The second kappa shape index (κ2) is 7.19. The van der Waals surface area contributed by atoms with Crippen LogP contribution in [0.25, 0.3) is 0 Å². The zero-order valence-corrected chi connectivity index (χ0v) is 13.7. The van der Waals surface area contributed by atoms with Crippen molar-refractivity contribution in [1.82, 2.24) is 4.90 Å². The Hall–Kier alpha value is -1.19. The van der Waals surface area contributed by atoms with Gasteiger partial charge in [0.2, 0.25) is 0 Å². The third kappa shape index (κ3) is 4.14. The summed E-state index contributed by atoms with van der Waals surface area (Å²) >= 11 is 0. The smallest absolute Gasteiger partial charge is 0.177 e. The van der Waals surface area contributed by atoms with Crippen molar-refractivity contribution in [3.8, 4) is 0 Å². The lowest BCUT2D eigenvalue weighted by atomic mass is 9.96. The van der Waals surface area contributed by atoms with Crippen LogP contribution in [0.3, 0.4) is 0 Å². The van der Waals surface area contributed by atoms with Crippen molar-refractivity contribution >= 4 is 5.78 Å². The first-order valence-corrected chi connectivity index (χ1v) is 7.96. The second-order valence-corrected chi connectivity index (χ2v) is 6.15. The van der Waals surface area contributed by atoms with Crippen molar-refractivity contribution in [3.05, 3.63) is 34.4 Å². The molecule has 3 nitrogen and oxygen atoms in total. The van der Waals surface area contributed by atoms with Crippen LogP contribution in [-0.2, 0) is 4.74 Å². The molecular weight excluding hydrogens is 262 g/mol. The van der Waals surface area contributed by atoms with Crippen molar-refractivity contribution < 1.29 is 9.53 Å². The van der Waals surface area contributed by atoms with Gasteiger partial charge in [0, 0.05) is 18.7 Å². The van der Waals surface area contributed by atoms with Crippen molar-refractivity contribution in [2.75, 3.05) is 26.2 Å². The fraction of sp³-hybridized carbons (Fsp3) is 0.611. The van der Waals surface area contributed by atoms with E-state index in [-0.39, 0.29) is 11.9 Å². The van der Waals surface area contributed by atoms with Gasteiger partial charge >= 0.3 is 0 Å². The molecule has 21 heavy (non-hydrogen) atoms. The fourth-order valence-electron chi connectivity index (χ4n) is 3.43. The Morgan fingerprint density at radius 2 is 1.95 bits per heavy atom. The molecule has 1 saturated heterocycles. The molecule has 1 aromatic rings. The van der Waals surface area contributed by atoms with Crippen LogP contribution in [0.2, 0.25) is 0 Å². The molecule has 1 atom stereocenters. The van der Waals surface area contributed by atoms with Gasteiger partial charge in [-0.1, -0.05) is 17.7 Å². The Kier molecular flexibility index (Phi) is 5.54. The SMILES string of the molecule is CCOC1CCCN(CC(=O)c2c(C)cc(C)cc2C)C1. The van der Waals surface area contributed by atoms with Crippen LogP contribution < -0.4 is 0 Å². The van der Waals surface area contributed by atoms with E-state index >= 15 is 0 Å². The molecule has 1 aliphatic rings. The van der Waals surface area contributed by atoms with Crippen LogP contribution >= 0.6 is 0 Å². The standard InChI is InChI=1S/C18H27NO2/c1-5-21-16-7-6-8-19(11-16)12-17(20)18-14(3)9-13(2)10-15(18)4/h9-10,16H,5-8,11-12H2,1-4H3. The van der Waals surface area contributed by atoms with Crippen LogP contribution in [0.4, 0.5) is 0 Å². The lowest BCUT2D eigenvalue weighted by Crippen LogP contribution is -2.42. The molecule has 0 spiro atoms. The van der Waals surface area contributed by atoms with E-state index in [9.17, 15) is 4.79 Å². The molecule has 1 aromatic carbocycles. The fourth-order valence-corrected chi connectivity index (χ4v) is 3.43. The van der Waals surface area contributed by atoms with Gasteiger partial charge in [-0.05, 0) is 58.2 Å². The first kappa shape index (κ1) is 16.2. The van der Waals surface area contributed by atoms with Gasteiger partial charge in [0.25, 0.3) is 0 Å². The van der Waals surface area contributed by atoms with E-state index in [1.807, 2.05) is 20.8 Å². The summed E-state index contributed by atoms with van der Waals surface area (Å²) in [5.74, 6) is 0.238. The van der Waals surface area contributed by atoms with Crippen molar-refractivity contribution in [3.63, 3.8) is 0 Å². The number of aryl methyl sites for hydroxylation is 3. The van der Waals surface area contributed by atoms with Crippen LogP contribution in [0, 0.1) is 20.8 Å². The first-order chi connectivity index (χ1) is 10.0. The normalized spacial score (nSPS) is 19.7. The molecule has 0 amide bonds. The minimum Gasteiger partial charge on any atom is -0.377 e. The summed E-state index contributed by atoms with van der Waals surface area (Å²) in [5.41, 5.74) is 4.31. The molecule has 1 heterocycles. The van der Waals surface area contributed by atoms with E-state index in [0.717, 1.165) is 49.2 Å². The number of carbonyl (C=O) groups is 1. The predicted molar refractivity (Wildman–Crippen MR) is 86.1 cm³/mol. The Morgan fingerprint density at radius 3 is 2.57 bits per heavy atom. The number of likely N-dealkylation sites (tertiary alicyclic amines) is 1. The summed E-state index contributed by atoms with van der Waals surface area (Å²) in [6.45, 7) is 11.3. The second-order valence-electron chi connectivity index (χ2n) is 6.15. The molecule has 0 saturated carbocycles. The molecule has 0 bridgehead atoms. The average molecular weight is 289 g/mol. The zero-order chi connectivity index (χ0) is 15.4. The summed E-state index contributed by atoms with van der Waals surface area (Å²) in [7, 11) is 0. The number of carbonyl (C=O) groups excluding carboxylic acids is 1. The number of hydrogen-bond donors (Lipinski definition) is 0. The molecule has 1 fully saturated rings. The van der Waals surface area contributed by atoms with Gasteiger partial charge in [-0.15, -0.1) is 0 Å². The van der Waals surface area contributed by atoms with Gasteiger partial charge in [-0.25, -0.2) is 0 Å². The van der Waals surface area contributed by atoms with Crippen molar-refractivity contribution in [2.45, 2.75) is 46.6 Å². The maximum Gasteiger partial charge on any atom is 0.177 e. The van der Waals surface area contributed by atoms with Crippen molar-refractivity contribution in [2.24, 2.45) is 0 Å². The highest BCUT2D eigenvalue weighted by molar-refractivity contribution is 6.00. The maximum atomic E-state index is 12.6. The van der Waals surface area contributed by atoms with E-state index in [1.165, 1.54) is 5.56 Å². The van der Waals surface area contributed by atoms with E-state index in [2.05, 4.69) is 24.0 Å². The molecule has 0 radical (unpaired) electrons. The van der Waals surface area contributed by atoms with E-state index in [0.29, 0.717) is 6.54 Å². The molecule has 1 aliphatic heterocycles. The number of ketones is 1. The Bertz CT molecular complexity index is 485. The van der Waals surface area contributed by atoms with Crippen LogP contribution in [0.5, 0.6) is 0 Å². The third-order valence-corrected chi connectivity index (χ3v) is 4.19. The van der Waals surface area contributed by atoms with Gasteiger partial charge in [0.1, 0.15) is 0 Å². The Balaban J connectivity index is 2.04. The quantitative estimate of drug-likeness (QED) is 0.779. The highest BCUT2D eigenvalue weighted by Gasteiger charge is 2.23. The lowest BCUT2D eigenvalue weighted by molar-refractivity contribution is 0.00718. The number of rotatable bonds is 5. The van der Waals surface area contributed by atoms with Crippen LogP contribution in [0.15, 0.2) is 12.1 Å². The Labute approximate surface area is 128 Å². The Morgan fingerprint density at radius 1 is 1.29 bits per heavy atom. The summed E-state index contributed by atoms with van der Waals surface area (Å²) in [6.07, 6.45) is 2.52. The first-order valence-electron chi connectivity index (χ1n) is 7.96. The topological polar surface area (TPSA) is 29.5 Å². The maximum absolute atomic E-state index is 12.6. The molecule has 1 unspecified atom stereocenters. The van der Waals surface area contributed by atoms with E-state index in [1.54, 1.807) is 0 Å². The molecule has 3 heteroatoms. The van der Waals surface area contributed by atoms with E-state index in [4.69, 9.17) is 4.74 Å². The predicted octanol–water partition coefficient (Wildman–Crippen LogP) is 3.30. The summed E-state index contributed by atoms with van der Waals surface area (Å²) < 4.78 is 5.71. The molecular formula is C18H27NO2. The van der Waals surface area contributed by atoms with Crippen LogP contribution in [0.1, 0.15) is 46.8 Å². The minimum atomic E-state index is 0.238. The third-order valence-electron chi connectivity index (χ3n) is 4.19. The number of nitrogens with zero attached hydrogens (tertiary/aromatic N) is 1. The highest BCUT2D eigenvalue weighted by atomic mass is 16.5. The number of ether oxygens (including phenoxy) is 1. The molecule has 0 aromatic heterocycles. The molecule has 116 valence electrons. The number of piperidine rings is 1. The van der Waals surface area contributed by atoms with Gasteiger partial charge in [-0.2, -0.15) is 0 Å². The monoisotopic (exact) mass is 289 g/mol. The van der Waals surface area contributed by atoms with Gasteiger partial charge < -0.3 is 4.74 Å². The minimum absolute atomic E-state index is 0.238. The molecule has 0 N–H and O–H groups in total. The number of hydrogen-bond acceptors (Lipinski definition) is 3. The largest absolute Gasteiger partial charge is 0.377 e. The number of benzene rings is 1.